The van der Waals surface area contributed by atoms with Gasteiger partial charge in [-0.2, -0.15) is 0 Å². The normalized spacial score (nSPS) is 18.2. The molecule has 1 fully saturated rings. The van der Waals surface area contributed by atoms with Gasteiger partial charge in [-0.15, -0.1) is 0 Å². The summed E-state index contributed by atoms with van der Waals surface area (Å²) in [7, 11) is 0.478. The number of methoxy groups -OCH3 is 1. The Kier molecular flexibility index (Phi) is 6.36. The van der Waals surface area contributed by atoms with E-state index in [2.05, 4.69) is 0 Å². The van der Waals surface area contributed by atoms with Crippen molar-refractivity contribution in [1.29, 1.82) is 0 Å². The first-order valence-corrected chi connectivity index (χ1v) is 7.25. The number of rotatable bonds is 6. The first-order valence-electron chi connectivity index (χ1n) is 5.77. The van der Waals surface area contributed by atoms with E-state index in [1.165, 1.54) is 0 Å². The van der Waals surface area contributed by atoms with Crippen LogP contribution in [0, 0.1) is 0 Å². The molecule has 5 nitrogen and oxygen atoms in total. The zero-order valence-electron chi connectivity index (χ0n) is 10.1. The number of hydrogen-bond acceptors (Lipinski definition) is 4. The van der Waals surface area contributed by atoms with Crippen LogP contribution in [0.3, 0.4) is 0 Å². The maximum Gasteiger partial charge on any atom is 0.235 e. The molecule has 0 aromatic heterocycles. The summed E-state index contributed by atoms with van der Waals surface area (Å²) in [6.07, 6.45) is 1.57. The molecule has 1 aliphatic heterocycles. The fourth-order valence-corrected chi connectivity index (χ4v) is 2.71. The lowest BCUT2D eigenvalue weighted by atomic mass is 10.1. The first-order chi connectivity index (χ1) is 8.13. The average Bonchev–Trinajstić information content (AvgIpc) is 2.30. The largest absolute Gasteiger partial charge is 0.385 e. The molecule has 1 atom stereocenters. The third kappa shape index (κ3) is 5.41. The minimum atomic E-state index is -1.12. The molecule has 98 valence electrons. The van der Waals surface area contributed by atoms with Crippen LogP contribution in [0.1, 0.15) is 19.3 Å². The SMILES string of the molecule is COCCCS(=O)CC(=O)N1CCC(=O)CC1. The molecule has 0 N–H and O–H groups in total. The van der Waals surface area contributed by atoms with Gasteiger partial charge >= 0.3 is 0 Å². The summed E-state index contributed by atoms with van der Waals surface area (Å²) in [6.45, 7) is 1.53. The van der Waals surface area contributed by atoms with E-state index in [0.717, 1.165) is 0 Å². The average molecular weight is 261 g/mol. The monoisotopic (exact) mass is 261 g/mol. The maximum atomic E-state index is 11.7. The second-order valence-electron chi connectivity index (χ2n) is 4.05. The Hall–Kier alpha value is -0.750. The summed E-state index contributed by atoms with van der Waals surface area (Å²) in [6, 6.07) is 0. The van der Waals surface area contributed by atoms with Crippen molar-refractivity contribution >= 4 is 22.5 Å². The summed E-state index contributed by atoms with van der Waals surface area (Å²) in [5, 5.41) is 0. The number of likely N-dealkylation sites (tertiary alicyclic amines) is 1. The Morgan fingerprint density at radius 1 is 1.41 bits per heavy atom. The summed E-state index contributed by atoms with van der Waals surface area (Å²) < 4.78 is 16.4. The topological polar surface area (TPSA) is 63.7 Å². The zero-order chi connectivity index (χ0) is 12.7. The van der Waals surface area contributed by atoms with Gasteiger partial charge in [-0.25, -0.2) is 0 Å². The van der Waals surface area contributed by atoms with Crippen molar-refractivity contribution in [2.24, 2.45) is 0 Å². The number of ether oxygens (including phenoxy) is 1. The number of carbonyl (C=O) groups excluding carboxylic acids is 2. The van der Waals surface area contributed by atoms with E-state index >= 15 is 0 Å². The predicted octanol–water partition coefficient (Wildman–Crippen LogP) is -0.0369. The van der Waals surface area contributed by atoms with Crippen molar-refractivity contribution < 1.29 is 18.5 Å². The van der Waals surface area contributed by atoms with Crippen LogP contribution < -0.4 is 0 Å². The second kappa shape index (κ2) is 7.55. The molecule has 0 bridgehead atoms. The van der Waals surface area contributed by atoms with E-state index < -0.39 is 10.8 Å². The van der Waals surface area contributed by atoms with Gasteiger partial charge < -0.3 is 9.64 Å². The fourth-order valence-electron chi connectivity index (χ4n) is 1.67. The Bertz CT molecular complexity index is 296. The summed E-state index contributed by atoms with van der Waals surface area (Å²) in [5.41, 5.74) is 0. The van der Waals surface area contributed by atoms with Gasteiger partial charge in [-0.05, 0) is 6.42 Å². The Labute approximate surface area is 104 Å². The molecule has 0 aromatic carbocycles. The molecule has 1 saturated heterocycles. The zero-order valence-corrected chi connectivity index (χ0v) is 11.0. The molecule has 0 aliphatic carbocycles. The van der Waals surface area contributed by atoms with E-state index in [9.17, 15) is 13.8 Å². The molecule has 0 radical (unpaired) electrons. The Morgan fingerprint density at radius 3 is 2.65 bits per heavy atom. The third-order valence-electron chi connectivity index (χ3n) is 2.68. The van der Waals surface area contributed by atoms with Crippen LogP contribution in [0.5, 0.6) is 0 Å². The number of ketones is 1. The molecule has 1 amide bonds. The first kappa shape index (κ1) is 14.3. The predicted molar refractivity (Wildman–Crippen MR) is 65.2 cm³/mol. The lowest BCUT2D eigenvalue weighted by Crippen LogP contribution is -2.41. The van der Waals surface area contributed by atoms with Gasteiger partial charge in [0.1, 0.15) is 11.5 Å². The summed E-state index contributed by atoms with van der Waals surface area (Å²) >= 11 is 0. The maximum absolute atomic E-state index is 11.7. The van der Waals surface area contributed by atoms with Crippen molar-refractivity contribution in [3.8, 4) is 0 Å². The van der Waals surface area contributed by atoms with Crippen LogP contribution in [0.2, 0.25) is 0 Å². The van der Waals surface area contributed by atoms with E-state index in [0.29, 0.717) is 44.7 Å². The van der Waals surface area contributed by atoms with Gasteiger partial charge in [-0.3, -0.25) is 13.8 Å². The van der Waals surface area contributed by atoms with E-state index in [-0.39, 0.29) is 17.4 Å². The van der Waals surface area contributed by atoms with Crippen molar-refractivity contribution in [2.75, 3.05) is 38.3 Å². The Balaban J connectivity index is 2.24. The van der Waals surface area contributed by atoms with Gasteiger partial charge in [0.15, 0.2) is 0 Å². The van der Waals surface area contributed by atoms with Crippen LogP contribution in [-0.4, -0.2) is 59.1 Å². The van der Waals surface area contributed by atoms with Crippen molar-refractivity contribution in [1.82, 2.24) is 4.90 Å². The number of hydrogen-bond donors (Lipinski definition) is 0. The van der Waals surface area contributed by atoms with Gasteiger partial charge in [0.05, 0.1) is 0 Å². The van der Waals surface area contributed by atoms with Gasteiger partial charge in [0.25, 0.3) is 0 Å². The van der Waals surface area contributed by atoms with Crippen LogP contribution >= 0.6 is 0 Å². The Morgan fingerprint density at radius 2 is 2.06 bits per heavy atom. The highest BCUT2D eigenvalue weighted by Gasteiger charge is 2.21. The quantitative estimate of drug-likeness (QED) is 0.630. The number of nitrogens with zero attached hydrogens (tertiary/aromatic N) is 1. The minimum Gasteiger partial charge on any atom is -0.385 e. The molecular formula is C11H19NO4S. The van der Waals surface area contributed by atoms with E-state index in [1.54, 1.807) is 12.0 Å². The second-order valence-corrected chi connectivity index (χ2v) is 5.63. The summed E-state index contributed by atoms with van der Waals surface area (Å²) in [5.74, 6) is 0.660. The molecular weight excluding hydrogens is 242 g/mol. The van der Waals surface area contributed by atoms with Crippen LogP contribution in [0.4, 0.5) is 0 Å². The van der Waals surface area contributed by atoms with Gasteiger partial charge in [0.2, 0.25) is 5.91 Å². The standard InChI is InChI=1S/C11H19NO4S/c1-16-7-2-8-17(15)9-11(14)12-5-3-10(13)4-6-12/h2-9H2,1H3. The molecule has 0 aromatic rings. The number of amides is 1. The molecule has 1 heterocycles. The van der Waals surface area contributed by atoms with Crippen molar-refractivity contribution in [3.05, 3.63) is 0 Å². The van der Waals surface area contributed by atoms with E-state index in [1.807, 2.05) is 0 Å². The fraction of sp³-hybridized carbons (Fsp3) is 0.818. The van der Waals surface area contributed by atoms with E-state index in [4.69, 9.17) is 4.74 Å². The lowest BCUT2D eigenvalue weighted by Gasteiger charge is -2.25. The highest BCUT2D eigenvalue weighted by molar-refractivity contribution is 7.85. The number of carbonyl (C=O) groups is 2. The molecule has 0 saturated carbocycles. The molecule has 1 rings (SSSR count). The summed E-state index contributed by atoms with van der Waals surface area (Å²) in [4.78, 5) is 24.4. The lowest BCUT2D eigenvalue weighted by molar-refractivity contribution is -0.132. The van der Waals surface area contributed by atoms with Crippen LogP contribution in [-0.2, 0) is 25.1 Å². The van der Waals surface area contributed by atoms with Crippen LogP contribution in [0.15, 0.2) is 0 Å². The molecule has 1 aliphatic rings. The number of Topliss-reactive ketones (excluding diaryl/α,β-unsaturated/α-hetero) is 1. The number of piperidine rings is 1. The highest BCUT2D eigenvalue weighted by atomic mass is 32.2. The van der Waals surface area contributed by atoms with Crippen molar-refractivity contribution in [2.45, 2.75) is 19.3 Å². The van der Waals surface area contributed by atoms with Crippen LogP contribution in [0.25, 0.3) is 0 Å². The molecule has 6 heteroatoms. The molecule has 17 heavy (non-hydrogen) atoms. The smallest absolute Gasteiger partial charge is 0.235 e. The van der Waals surface area contributed by atoms with Gasteiger partial charge in [-0.1, -0.05) is 0 Å². The minimum absolute atomic E-state index is 0.0674. The molecule has 1 unspecified atom stereocenters. The molecule has 0 spiro atoms. The van der Waals surface area contributed by atoms with Crippen molar-refractivity contribution in [3.63, 3.8) is 0 Å². The van der Waals surface area contributed by atoms with Gasteiger partial charge in [0, 0.05) is 56.2 Å². The highest BCUT2D eigenvalue weighted by Crippen LogP contribution is 2.06. The third-order valence-corrected chi connectivity index (χ3v) is 3.99.